The molecule has 0 saturated carbocycles. The molecule has 2 N–H and O–H groups in total. The van der Waals surface area contributed by atoms with E-state index < -0.39 is 11.9 Å². The number of hydrogen-bond donors (Lipinski definition) is 2. The molecule has 8 nitrogen and oxygen atoms in total. The minimum Gasteiger partial charge on any atom is -0.478 e. The molecular weight excluding hydrogens is 392 g/mol. The van der Waals surface area contributed by atoms with Gasteiger partial charge in [-0.2, -0.15) is 5.26 Å². The highest BCUT2D eigenvalue weighted by Gasteiger charge is 2.15. The summed E-state index contributed by atoms with van der Waals surface area (Å²) >= 11 is 1.25. The number of furan rings is 1. The Balaban J connectivity index is 1.76. The zero-order valence-corrected chi connectivity index (χ0v) is 16.4. The highest BCUT2D eigenvalue weighted by molar-refractivity contribution is 7.15. The third-order valence-electron chi connectivity index (χ3n) is 3.85. The van der Waals surface area contributed by atoms with Crippen LogP contribution in [0.5, 0.6) is 0 Å². The summed E-state index contributed by atoms with van der Waals surface area (Å²) in [5.41, 5.74) is 0.697. The molecule has 0 radical (unpaired) electrons. The van der Waals surface area contributed by atoms with Gasteiger partial charge >= 0.3 is 5.97 Å². The summed E-state index contributed by atoms with van der Waals surface area (Å²) in [6.45, 7) is 3.94. The van der Waals surface area contributed by atoms with Gasteiger partial charge in [-0.15, -0.1) is 10.2 Å². The van der Waals surface area contributed by atoms with Crippen LogP contribution in [0.3, 0.4) is 0 Å². The quantitative estimate of drug-likeness (QED) is 0.462. The first kappa shape index (κ1) is 20.0. The molecule has 1 amide bonds. The monoisotopic (exact) mass is 408 g/mol. The van der Waals surface area contributed by atoms with Gasteiger partial charge in [0, 0.05) is 17.6 Å². The number of aromatic carboxylic acids is 1. The van der Waals surface area contributed by atoms with Gasteiger partial charge in [0.15, 0.2) is 0 Å². The standard InChI is InChI=1S/C20H16N4O4S/c1-11(2)18-23-24-20(29-18)22-17(25)14(10-21)9-15-7-8-16(28-15)12-3-5-13(6-4-12)19(26)27/h3-9,11H,1-2H3,(H,26,27)(H,22,24,25)/b14-9-. The molecule has 0 spiro atoms. The summed E-state index contributed by atoms with van der Waals surface area (Å²) in [5.74, 6) is -0.635. The first-order valence-corrected chi connectivity index (χ1v) is 9.39. The van der Waals surface area contributed by atoms with Crippen molar-refractivity contribution in [2.24, 2.45) is 0 Å². The molecule has 0 aliphatic heterocycles. The van der Waals surface area contributed by atoms with Gasteiger partial charge in [0.2, 0.25) is 5.13 Å². The number of carbonyl (C=O) groups excluding carboxylic acids is 1. The van der Waals surface area contributed by atoms with Gasteiger partial charge in [-0.1, -0.05) is 37.3 Å². The average Bonchev–Trinajstić information content (AvgIpc) is 3.35. The number of nitrogens with one attached hydrogen (secondary N) is 1. The molecule has 0 aliphatic rings. The van der Waals surface area contributed by atoms with E-state index in [1.807, 2.05) is 19.9 Å². The molecule has 0 saturated heterocycles. The van der Waals surface area contributed by atoms with E-state index >= 15 is 0 Å². The number of carboxylic acid groups (broad SMARTS) is 1. The van der Waals surface area contributed by atoms with Crippen LogP contribution in [0.4, 0.5) is 5.13 Å². The summed E-state index contributed by atoms with van der Waals surface area (Å²) in [6, 6.07) is 11.3. The molecular formula is C20H16N4O4S. The maximum absolute atomic E-state index is 12.3. The lowest BCUT2D eigenvalue weighted by atomic mass is 10.1. The lowest BCUT2D eigenvalue weighted by Gasteiger charge is -1.99. The van der Waals surface area contributed by atoms with Crippen molar-refractivity contribution in [3.05, 3.63) is 58.3 Å². The van der Waals surface area contributed by atoms with Gasteiger partial charge in [0.25, 0.3) is 5.91 Å². The van der Waals surface area contributed by atoms with E-state index in [-0.39, 0.29) is 17.1 Å². The first-order valence-electron chi connectivity index (χ1n) is 8.57. The molecule has 3 aromatic rings. The van der Waals surface area contributed by atoms with Crippen LogP contribution in [0, 0.1) is 11.3 Å². The van der Waals surface area contributed by atoms with Gasteiger partial charge in [0.05, 0.1) is 5.56 Å². The minimum atomic E-state index is -1.01. The van der Waals surface area contributed by atoms with Crippen LogP contribution < -0.4 is 5.32 Å². The third-order valence-corrected chi connectivity index (χ3v) is 4.99. The summed E-state index contributed by atoms with van der Waals surface area (Å²) in [7, 11) is 0. The van der Waals surface area contributed by atoms with Crippen molar-refractivity contribution in [3.8, 4) is 17.4 Å². The van der Waals surface area contributed by atoms with Crippen LogP contribution in [0.15, 0.2) is 46.4 Å². The molecule has 2 heterocycles. The van der Waals surface area contributed by atoms with Crippen molar-refractivity contribution in [2.45, 2.75) is 19.8 Å². The number of hydrogen-bond acceptors (Lipinski definition) is 7. The van der Waals surface area contributed by atoms with Crippen molar-refractivity contribution in [2.75, 3.05) is 5.32 Å². The first-order chi connectivity index (χ1) is 13.9. The van der Waals surface area contributed by atoms with Crippen molar-refractivity contribution in [1.82, 2.24) is 10.2 Å². The van der Waals surface area contributed by atoms with Crippen molar-refractivity contribution >= 4 is 34.4 Å². The minimum absolute atomic E-state index is 0.145. The molecule has 0 atom stereocenters. The fraction of sp³-hybridized carbons (Fsp3) is 0.150. The molecule has 0 bridgehead atoms. The smallest absolute Gasteiger partial charge is 0.335 e. The second-order valence-corrected chi connectivity index (χ2v) is 7.32. The van der Waals surface area contributed by atoms with E-state index in [1.54, 1.807) is 24.3 Å². The maximum Gasteiger partial charge on any atom is 0.335 e. The Morgan fingerprint density at radius 2 is 1.93 bits per heavy atom. The summed E-state index contributed by atoms with van der Waals surface area (Å²) < 4.78 is 5.66. The topological polar surface area (TPSA) is 129 Å². The average molecular weight is 408 g/mol. The van der Waals surface area contributed by atoms with E-state index in [0.717, 1.165) is 5.01 Å². The van der Waals surface area contributed by atoms with Gasteiger partial charge in [-0.3, -0.25) is 10.1 Å². The second kappa shape index (κ2) is 8.50. The van der Waals surface area contributed by atoms with E-state index in [9.17, 15) is 14.9 Å². The van der Waals surface area contributed by atoms with Crippen LogP contribution in [0.1, 0.15) is 40.9 Å². The number of carbonyl (C=O) groups is 2. The highest BCUT2D eigenvalue weighted by Crippen LogP contribution is 2.25. The van der Waals surface area contributed by atoms with E-state index in [0.29, 0.717) is 22.2 Å². The molecule has 29 heavy (non-hydrogen) atoms. The number of nitriles is 1. The fourth-order valence-corrected chi connectivity index (χ4v) is 3.08. The Morgan fingerprint density at radius 1 is 1.21 bits per heavy atom. The normalized spacial score (nSPS) is 11.3. The number of aromatic nitrogens is 2. The lowest BCUT2D eigenvalue weighted by molar-refractivity contribution is -0.112. The Bertz CT molecular complexity index is 1120. The Morgan fingerprint density at radius 3 is 2.52 bits per heavy atom. The number of anilines is 1. The highest BCUT2D eigenvalue weighted by atomic mass is 32.1. The van der Waals surface area contributed by atoms with Crippen molar-refractivity contribution in [1.29, 1.82) is 5.26 Å². The predicted octanol–water partition coefficient (Wildman–Crippen LogP) is 4.17. The summed E-state index contributed by atoms with van der Waals surface area (Å²) in [4.78, 5) is 23.3. The molecule has 0 unspecified atom stereocenters. The van der Waals surface area contributed by atoms with Crippen molar-refractivity contribution in [3.63, 3.8) is 0 Å². The molecule has 3 rings (SSSR count). The zero-order valence-electron chi connectivity index (χ0n) is 15.5. The van der Waals surface area contributed by atoms with Crippen LogP contribution in [0.25, 0.3) is 17.4 Å². The van der Waals surface area contributed by atoms with Gasteiger partial charge in [-0.05, 0) is 24.3 Å². The number of rotatable bonds is 6. The number of amides is 1. The second-order valence-electron chi connectivity index (χ2n) is 6.31. The maximum atomic E-state index is 12.3. The van der Waals surface area contributed by atoms with Gasteiger partial charge < -0.3 is 9.52 Å². The molecule has 9 heteroatoms. The predicted molar refractivity (Wildman–Crippen MR) is 107 cm³/mol. The van der Waals surface area contributed by atoms with E-state index in [4.69, 9.17) is 9.52 Å². The summed E-state index contributed by atoms with van der Waals surface area (Å²) in [5, 5.41) is 29.8. The summed E-state index contributed by atoms with van der Waals surface area (Å²) in [6.07, 6.45) is 1.33. The van der Waals surface area contributed by atoms with Gasteiger partial charge in [0.1, 0.15) is 28.2 Å². The van der Waals surface area contributed by atoms with Gasteiger partial charge in [-0.25, -0.2) is 4.79 Å². The lowest BCUT2D eigenvalue weighted by Crippen LogP contribution is -2.13. The Kier molecular flexibility index (Phi) is 5.85. The third kappa shape index (κ3) is 4.75. The van der Waals surface area contributed by atoms with Crippen LogP contribution in [0.2, 0.25) is 0 Å². The zero-order chi connectivity index (χ0) is 21.0. The number of nitrogens with zero attached hydrogens (tertiary/aromatic N) is 3. The Labute approximate surface area is 170 Å². The SMILES string of the molecule is CC(C)c1nnc(NC(=O)/C(C#N)=C\c2ccc(-c3ccc(C(=O)O)cc3)o2)s1. The molecule has 1 aromatic carbocycles. The van der Waals surface area contributed by atoms with Crippen LogP contribution >= 0.6 is 11.3 Å². The molecule has 2 aromatic heterocycles. The van der Waals surface area contributed by atoms with Crippen molar-refractivity contribution < 1.29 is 19.1 Å². The fourth-order valence-electron chi connectivity index (χ4n) is 2.34. The number of carboxylic acids is 1. The largest absolute Gasteiger partial charge is 0.478 e. The van der Waals surface area contributed by atoms with E-state index in [1.165, 1.54) is 29.5 Å². The van der Waals surface area contributed by atoms with Crippen LogP contribution in [-0.2, 0) is 4.79 Å². The Hall–Kier alpha value is -3.77. The van der Waals surface area contributed by atoms with E-state index in [2.05, 4.69) is 15.5 Å². The number of benzene rings is 1. The molecule has 0 fully saturated rings. The molecule has 0 aliphatic carbocycles. The van der Waals surface area contributed by atoms with Crippen LogP contribution in [-0.4, -0.2) is 27.2 Å². The molecule has 146 valence electrons.